The van der Waals surface area contributed by atoms with Crippen LogP contribution in [0.1, 0.15) is 12.8 Å². The van der Waals surface area contributed by atoms with Crippen LogP contribution in [0.15, 0.2) is 12.7 Å². The summed E-state index contributed by atoms with van der Waals surface area (Å²) in [5.74, 6) is 0.697. The Labute approximate surface area is 98.6 Å². The lowest BCUT2D eigenvalue weighted by molar-refractivity contribution is 0.0377. The summed E-state index contributed by atoms with van der Waals surface area (Å²) in [5, 5.41) is 3.37. The molecular formula is C11H22ClNO2. The fourth-order valence-corrected chi connectivity index (χ4v) is 1.60. The largest absolute Gasteiger partial charge is 0.379 e. The average molecular weight is 236 g/mol. The monoisotopic (exact) mass is 235 g/mol. The fourth-order valence-electron chi connectivity index (χ4n) is 1.60. The second kappa shape index (κ2) is 10.4. The van der Waals surface area contributed by atoms with Crippen molar-refractivity contribution in [2.45, 2.75) is 12.8 Å². The Morgan fingerprint density at radius 1 is 1.33 bits per heavy atom. The van der Waals surface area contributed by atoms with Gasteiger partial charge in [-0.3, -0.25) is 0 Å². The molecule has 1 aliphatic rings. The van der Waals surface area contributed by atoms with Crippen LogP contribution < -0.4 is 5.32 Å². The summed E-state index contributed by atoms with van der Waals surface area (Å²) >= 11 is 0. The Kier molecular flexibility index (Phi) is 10.4. The summed E-state index contributed by atoms with van der Waals surface area (Å²) in [5.41, 5.74) is 0. The van der Waals surface area contributed by atoms with Crippen LogP contribution in [0.2, 0.25) is 0 Å². The number of hydrogen-bond donors (Lipinski definition) is 1. The first kappa shape index (κ1) is 14.9. The van der Waals surface area contributed by atoms with E-state index in [1.807, 2.05) is 0 Å². The van der Waals surface area contributed by atoms with Gasteiger partial charge in [-0.1, -0.05) is 6.08 Å². The number of nitrogens with one attached hydrogen (secondary N) is 1. The van der Waals surface area contributed by atoms with Gasteiger partial charge in [-0.25, -0.2) is 0 Å². The van der Waals surface area contributed by atoms with E-state index in [2.05, 4.69) is 11.9 Å². The van der Waals surface area contributed by atoms with E-state index in [0.29, 0.717) is 25.7 Å². The first-order valence-electron chi connectivity index (χ1n) is 5.40. The minimum Gasteiger partial charge on any atom is -0.379 e. The van der Waals surface area contributed by atoms with Crippen LogP contribution in [0.3, 0.4) is 0 Å². The molecular weight excluding hydrogens is 214 g/mol. The third-order valence-electron chi connectivity index (χ3n) is 2.36. The molecule has 0 bridgehead atoms. The number of hydrogen-bond acceptors (Lipinski definition) is 3. The predicted octanol–water partition coefficient (Wildman–Crippen LogP) is 1.63. The van der Waals surface area contributed by atoms with Gasteiger partial charge < -0.3 is 14.8 Å². The molecule has 1 atom stereocenters. The lowest BCUT2D eigenvalue weighted by atomic mass is 10.0. The molecule has 15 heavy (non-hydrogen) atoms. The molecule has 0 amide bonds. The van der Waals surface area contributed by atoms with Gasteiger partial charge in [0.05, 0.1) is 26.4 Å². The first-order valence-corrected chi connectivity index (χ1v) is 5.40. The maximum Gasteiger partial charge on any atom is 0.0704 e. The van der Waals surface area contributed by atoms with Gasteiger partial charge in [0.15, 0.2) is 0 Å². The molecule has 4 heteroatoms. The number of ether oxygens (including phenoxy) is 2. The van der Waals surface area contributed by atoms with Crippen LogP contribution in [-0.2, 0) is 9.47 Å². The van der Waals surface area contributed by atoms with E-state index in [1.165, 1.54) is 19.4 Å². The van der Waals surface area contributed by atoms with E-state index >= 15 is 0 Å². The quantitative estimate of drug-likeness (QED) is 0.538. The first-order chi connectivity index (χ1) is 6.93. The van der Waals surface area contributed by atoms with Gasteiger partial charge >= 0.3 is 0 Å². The zero-order valence-corrected chi connectivity index (χ0v) is 10.1. The Bertz CT molecular complexity index is 150. The van der Waals surface area contributed by atoms with Gasteiger partial charge in [0.25, 0.3) is 0 Å². The Hall–Kier alpha value is -0.0900. The van der Waals surface area contributed by atoms with Crippen LogP contribution in [0.4, 0.5) is 0 Å². The SMILES string of the molecule is C=CCOCCOCC1CCCNC1.Cl. The van der Waals surface area contributed by atoms with E-state index in [-0.39, 0.29) is 12.4 Å². The molecule has 0 radical (unpaired) electrons. The van der Waals surface area contributed by atoms with Gasteiger partial charge in [0.2, 0.25) is 0 Å². The van der Waals surface area contributed by atoms with Gasteiger partial charge in [0.1, 0.15) is 0 Å². The van der Waals surface area contributed by atoms with Crippen molar-refractivity contribution < 1.29 is 9.47 Å². The Morgan fingerprint density at radius 2 is 2.13 bits per heavy atom. The molecule has 1 aliphatic heterocycles. The zero-order chi connectivity index (χ0) is 10.1. The molecule has 0 aromatic carbocycles. The molecule has 90 valence electrons. The third kappa shape index (κ3) is 7.79. The number of rotatable bonds is 7. The van der Waals surface area contributed by atoms with Crippen molar-refractivity contribution in [3.8, 4) is 0 Å². The van der Waals surface area contributed by atoms with E-state index in [0.717, 1.165) is 13.2 Å². The highest BCUT2D eigenvalue weighted by Crippen LogP contribution is 2.09. The summed E-state index contributed by atoms with van der Waals surface area (Å²) in [7, 11) is 0. The fraction of sp³-hybridized carbons (Fsp3) is 0.818. The van der Waals surface area contributed by atoms with Gasteiger partial charge in [-0.05, 0) is 25.3 Å². The Morgan fingerprint density at radius 3 is 2.80 bits per heavy atom. The molecule has 3 nitrogen and oxygen atoms in total. The Balaban J connectivity index is 0.00000196. The molecule has 0 saturated carbocycles. The van der Waals surface area contributed by atoms with Crippen molar-refractivity contribution >= 4 is 12.4 Å². The maximum absolute atomic E-state index is 5.52. The van der Waals surface area contributed by atoms with Crippen molar-refractivity contribution in [1.29, 1.82) is 0 Å². The molecule has 0 aliphatic carbocycles. The minimum atomic E-state index is 0. The predicted molar refractivity (Wildman–Crippen MR) is 64.7 cm³/mol. The molecule has 0 aromatic heterocycles. The molecule has 1 fully saturated rings. The molecule has 1 rings (SSSR count). The van der Waals surface area contributed by atoms with E-state index in [9.17, 15) is 0 Å². The van der Waals surface area contributed by atoms with E-state index in [1.54, 1.807) is 6.08 Å². The van der Waals surface area contributed by atoms with E-state index in [4.69, 9.17) is 9.47 Å². The van der Waals surface area contributed by atoms with Gasteiger partial charge in [-0.2, -0.15) is 0 Å². The summed E-state index contributed by atoms with van der Waals surface area (Å²) in [6, 6.07) is 0. The summed E-state index contributed by atoms with van der Waals surface area (Å²) < 4.78 is 10.7. The van der Waals surface area contributed by atoms with Crippen LogP contribution >= 0.6 is 12.4 Å². The lowest BCUT2D eigenvalue weighted by Crippen LogP contribution is -2.32. The molecule has 0 spiro atoms. The summed E-state index contributed by atoms with van der Waals surface area (Å²) in [4.78, 5) is 0. The minimum absolute atomic E-state index is 0. The van der Waals surface area contributed by atoms with Crippen molar-refractivity contribution in [1.82, 2.24) is 5.32 Å². The lowest BCUT2D eigenvalue weighted by Gasteiger charge is -2.22. The number of piperidine rings is 1. The van der Waals surface area contributed by atoms with Crippen molar-refractivity contribution in [2.24, 2.45) is 5.92 Å². The van der Waals surface area contributed by atoms with Crippen molar-refractivity contribution in [3.63, 3.8) is 0 Å². The highest BCUT2D eigenvalue weighted by molar-refractivity contribution is 5.85. The van der Waals surface area contributed by atoms with Crippen LogP contribution in [0.25, 0.3) is 0 Å². The third-order valence-corrected chi connectivity index (χ3v) is 2.36. The van der Waals surface area contributed by atoms with Crippen LogP contribution in [0.5, 0.6) is 0 Å². The van der Waals surface area contributed by atoms with Crippen LogP contribution in [-0.4, -0.2) is 39.5 Å². The smallest absolute Gasteiger partial charge is 0.0704 e. The van der Waals surface area contributed by atoms with Crippen molar-refractivity contribution in [3.05, 3.63) is 12.7 Å². The molecule has 0 aromatic rings. The number of halogens is 1. The molecule has 1 heterocycles. The average Bonchev–Trinajstić information content (AvgIpc) is 2.25. The van der Waals surface area contributed by atoms with Crippen molar-refractivity contribution in [2.75, 3.05) is 39.5 Å². The summed E-state index contributed by atoms with van der Waals surface area (Å²) in [6.07, 6.45) is 4.33. The molecule has 1 unspecified atom stereocenters. The second-order valence-corrected chi connectivity index (χ2v) is 3.65. The normalized spacial score (nSPS) is 20.7. The maximum atomic E-state index is 5.52. The van der Waals surface area contributed by atoms with Gasteiger partial charge in [-0.15, -0.1) is 19.0 Å². The second-order valence-electron chi connectivity index (χ2n) is 3.65. The molecule has 1 saturated heterocycles. The van der Waals surface area contributed by atoms with Gasteiger partial charge in [0, 0.05) is 6.54 Å². The highest BCUT2D eigenvalue weighted by atomic mass is 35.5. The topological polar surface area (TPSA) is 30.5 Å². The standard InChI is InChI=1S/C11H21NO2.ClH/c1-2-6-13-7-8-14-10-11-4-3-5-12-9-11;/h2,11-12H,1,3-10H2;1H. The molecule has 1 N–H and O–H groups in total. The summed E-state index contributed by atoms with van der Waals surface area (Å²) in [6.45, 7) is 8.70. The highest BCUT2D eigenvalue weighted by Gasteiger charge is 2.12. The zero-order valence-electron chi connectivity index (χ0n) is 9.24. The van der Waals surface area contributed by atoms with Crippen LogP contribution in [0, 0.1) is 5.92 Å². The van der Waals surface area contributed by atoms with E-state index < -0.39 is 0 Å².